The summed E-state index contributed by atoms with van der Waals surface area (Å²) in [6.45, 7) is 5.39. The van der Waals surface area contributed by atoms with Crippen molar-refractivity contribution in [1.82, 2.24) is 25.2 Å². The van der Waals surface area contributed by atoms with Crippen molar-refractivity contribution < 1.29 is 9.53 Å². The lowest BCUT2D eigenvalue weighted by Gasteiger charge is -2.26. The van der Waals surface area contributed by atoms with Crippen LogP contribution in [-0.2, 0) is 4.74 Å². The Morgan fingerprint density at radius 1 is 1.17 bits per heavy atom. The maximum absolute atomic E-state index is 12.1. The molecule has 2 heterocycles. The molecule has 128 valence electrons. The van der Waals surface area contributed by atoms with Gasteiger partial charge in [0.2, 0.25) is 0 Å². The molecule has 1 aromatic carbocycles. The summed E-state index contributed by atoms with van der Waals surface area (Å²) in [5, 5.41) is 11.3. The number of hydrogen-bond donors (Lipinski definition) is 1. The zero-order valence-corrected chi connectivity index (χ0v) is 13.7. The molecule has 1 amide bonds. The Bertz CT molecular complexity index is 637. The number of amides is 1. The monoisotopic (exact) mass is 329 g/mol. The zero-order chi connectivity index (χ0) is 16.6. The zero-order valence-electron chi connectivity index (χ0n) is 13.7. The quantitative estimate of drug-likeness (QED) is 0.771. The fourth-order valence-corrected chi connectivity index (χ4v) is 2.63. The molecule has 2 aromatic rings. The molecule has 1 saturated heterocycles. The Balaban J connectivity index is 1.38. The minimum atomic E-state index is -0.177. The third kappa shape index (κ3) is 4.62. The summed E-state index contributed by atoms with van der Waals surface area (Å²) in [6.07, 6.45) is 3.52. The number of para-hydroxylation sites is 1. The van der Waals surface area contributed by atoms with Crippen LogP contribution in [-0.4, -0.2) is 65.2 Å². The molecule has 0 radical (unpaired) electrons. The molecule has 24 heavy (non-hydrogen) atoms. The molecule has 7 heteroatoms. The summed E-state index contributed by atoms with van der Waals surface area (Å²) in [4.78, 5) is 16.0. The molecule has 0 spiro atoms. The number of carbonyl (C=O) groups is 1. The van der Waals surface area contributed by atoms with Crippen LogP contribution in [0.4, 0.5) is 0 Å². The van der Waals surface area contributed by atoms with E-state index in [1.165, 1.54) is 11.0 Å². The van der Waals surface area contributed by atoms with E-state index in [1.807, 2.05) is 30.3 Å². The highest BCUT2D eigenvalue weighted by atomic mass is 16.5. The molecule has 3 rings (SSSR count). The van der Waals surface area contributed by atoms with Gasteiger partial charge < -0.3 is 10.1 Å². The highest BCUT2D eigenvalue weighted by molar-refractivity contribution is 5.91. The molecule has 0 unspecified atom stereocenters. The Kier molecular flexibility index (Phi) is 5.92. The molecule has 0 atom stereocenters. The van der Waals surface area contributed by atoms with E-state index in [2.05, 4.69) is 20.4 Å². The van der Waals surface area contributed by atoms with Gasteiger partial charge >= 0.3 is 0 Å². The van der Waals surface area contributed by atoms with Crippen LogP contribution < -0.4 is 5.32 Å². The van der Waals surface area contributed by atoms with Crippen molar-refractivity contribution in [3.8, 4) is 5.69 Å². The summed E-state index contributed by atoms with van der Waals surface area (Å²) in [5.41, 5.74) is 1.18. The van der Waals surface area contributed by atoms with Gasteiger partial charge in [0.15, 0.2) is 5.69 Å². The van der Waals surface area contributed by atoms with Gasteiger partial charge in [-0.25, -0.2) is 0 Å². The number of rotatable bonds is 7. The molecule has 1 N–H and O–H groups in total. The Morgan fingerprint density at radius 2 is 1.96 bits per heavy atom. The largest absolute Gasteiger partial charge is 0.379 e. The van der Waals surface area contributed by atoms with Gasteiger partial charge in [-0.2, -0.15) is 9.90 Å². The standard InChI is InChI=1S/C17H23N5O2/c23-17(18-8-4-5-9-21-10-12-24-13-11-21)16-14-19-22(20-16)15-6-2-1-3-7-15/h1-3,6-7,14H,4-5,8-13H2,(H,18,23). The number of nitrogens with zero attached hydrogens (tertiary/aromatic N) is 4. The highest BCUT2D eigenvalue weighted by Crippen LogP contribution is 2.04. The lowest BCUT2D eigenvalue weighted by Crippen LogP contribution is -2.37. The van der Waals surface area contributed by atoms with Gasteiger partial charge in [0.1, 0.15) is 0 Å². The normalized spacial score (nSPS) is 15.3. The van der Waals surface area contributed by atoms with Crippen LogP contribution >= 0.6 is 0 Å². The van der Waals surface area contributed by atoms with Crippen molar-refractivity contribution >= 4 is 5.91 Å². The third-order valence-corrected chi connectivity index (χ3v) is 4.00. The number of benzene rings is 1. The van der Waals surface area contributed by atoms with E-state index >= 15 is 0 Å². The first-order valence-electron chi connectivity index (χ1n) is 8.39. The predicted octanol–water partition coefficient (Wildman–Crippen LogP) is 1.11. The van der Waals surface area contributed by atoms with Gasteiger partial charge in [-0.15, -0.1) is 5.10 Å². The van der Waals surface area contributed by atoms with Crippen LogP contribution in [0.2, 0.25) is 0 Å². The SMILES string of the molecule is O=C(NCCCCN1CCOCC1)c1cnn(-c2ccccc2)n1. The van der Waals surface area contributed by atoms with Crippen molar-refractivity contribution in [1.29, 1.82) is 0 Å². The van der Waals surface area contributed by atoms with Crippen molar-refractivity contribution in [3.05, 3.63) is 42.2 Å². The third-order valence-electron chi connectivity index (χ3n) is 4.00. The van der Waals surface area contributed by atoms with E-state index in [4.69, 9.17) is 4.74 Å². The van der Waals surface area contributed by atoms with E-state index in [0.717, 1.165) is 51.4 Å². The maximum atomic E-state index is 12.1. The van der Waals surface area contributed by atoms with Gasteiger partial charge in [-0.3, -0.25) is 9.69 Å². The van der Waals surface area contributed by atoms with Crippen molar-refractivity contribution in [2.24, 2.45) is 0 Å². The van der Waals surface area contributed by atoms with Gasteiger partial charge in [-0.05, 0) is 31.5 Å². The number of ether oxygens (including phenoxy) is 1. The van der Waals surface area contributed by atoms with Crippen LogP contribution in [0.15, 0.2) is 36.5 Å². The fraction of sp³-hybridized carbons (Fsp3) is 0.471. The van der Waals surface area contributed by atoms with Gasteiger partial charge in [-0.1, -0.05) is 18.2 Å². The number of hydrogen-bond acceptors (Lipinski definition) is 5. The Hall–Kier alpha value is -2.25. The second-order valence-electron chi connectivity index (χ2n) is 5.77. The van der Waals surface area contributed by atoms with E-state index < -0.39 is 0 Å². The fourth-order valence-electron chi connectivity index (χ4n) is 2.63. The first-order valence-corrected chi connectivity index (χ1v) is 8.39. The number of nitrogens with one attached hydrogen (secondary N) is 1. The van der Waals surface area contributed by atoms with E-state index in [0.29, 0.717) is 12.2 Å². The van der Waals surface area contributed by atoms with Crippen LogP contribution in [0.5, 0.6) is 0 Å². The number of unbranched alkanes of at least 4 members (excludes halogenated alkanes) is 1. The van der Waals surface area contributed by atoms with Crippen LogP contribution in [0, 0.1) is 0 Å². The van der Waals surface area contributed by atoms with Gasteiger partial charge in [0, 0.05) is 19.6 Å². The first-order chi connectivity index (χ1) is 11.8. The Labute approximate surface area is 141 Å². The number of aromatic nitrogens is 3. The van der Waals surface area contributed by atoms with Crippen LogP contribution in [0.3, 0.4) is 0 Å². The molecule has 0 bridgehead atoms. The summed E-state index contributed by atoms with van der Waals surface area (Å²) >= 11 is 0. The van der Waals surface area contributed by atoms with Crippen molar-refractivity contribution in [3.63, 3.8) is 0 Å². The van der Waals surface area contributed by atoms with Crippen LogP contribution in [0.25, 0.3) is 5.69 Å². The van der Waals surface area contributed by atoms with E-state index in [-0.39, 0.29) is 5.91 Å². The summed E-state index contributed by atoms with van der Waals surface area (Å²) in [5.74, 6) is -0.177. The summed E-state index contributed by atoms with van der Waals surface area (Å²) < 4.78 is 5.33. The topological polar surface area (TPSA) is 72.3 Å². The second kappa shape index (κ2) is 8.56. The minimum absolute atomic E-state index is 0.177. The molecular weight excluding hydrogens is 306 g/mol. The van der Waals surface area contributed by atoms with Gasteiger partial charge in [0.05, 0.1) is 25.1 Å². The molecule has 1 aliphatic rings. The lowest BCUT2D eigenvalue weighted by molar-refractivity contribution is 0.0372. The number of carbonyl (C=O) groups excluding carboxylic acids is 1. The summed E-state index contributed by atoms with van der Waals surface area (Å²) in [6, 6.07) is 9.54. The van der Waals surface area contributed by atoms with Crippen LogP contribution in [0.1, 0.15) is 23.3 Å². The average molecular weight is 329 g/mol. The molecule has 1 fully saturated rings. The molecule has 0 aliphatic carbocycles. The van der Waals surface area contributed by atoms with Crippen molar-refractivity contribution in [2.75, 3.05) is 39.4 Å². The molecule has 0 saturated carbocycles. The summed E-state index contributed by atoms with van der Waals surface area (Å²) in [7, 11) is 0. The van der Waals surface area contributed by atoms with E-state index in [9.17, 15) is 4.79 Å². The smallest absolute Gasteiger partial charge is 0.273 e. The lowest BCUT2D eigenvalue weighted by atomic mass is 10.2. The molecular formula is C17H23N5O2. The molecule has 7 nitrogen and oxygen atoms in total. The second-order valence-corrected chi connectivity index (χ2v) is 5.77. The number of morpholine rings is 1. The maximum Gasteiger partial charge on any atom is 0.273 e. The predicted molar refractivity (Wildman–Crippen MR) is 90.2 cm³/mol. The molecule has 1 aromatic heterocycles. The minimum Gasteiger partial charge on any atom is -0.379 e. The highest BCUT2D eigenvalue weighted by Gasteiger charge is 2.12. The average Bonchev–Trinajstić information content (AvgIpc) is 3.13. The Morgan fingerprint density at radius 3 is 2.75 bits per heavy atom. The first kappa shape index (κ1) is 16.6. The van der Waals surface area contributed by atoms with Gasteiger partial charge in [0.25, 0.3) is 5.91 Å². The van der Waals surface area contributed by atoms with Crippen molar-refractivity contribution in [2.45, 2.75) is 12.8 Å². The molecule has 1 aliphatic heterocycles. The van der Waals surface area contributed by atoms with E-state index in [1.54, 1.807) is 0 Å².